The van der Waals surface area contributed by atoms with Crippen molar-refractivity contribution in [2.75, 3.05) is 34.0 Å². The number of Topliss-reactive ketones (excluding diaryl/α,β-unsaturated/α-hetero) is 1. The highest BCUT2D eigenvalue weighted by molar-refractivity contribution is 9.10. The van der Waals surface area contributed by atoms with Gasteiger partial charge >= 0.3 is 0 Å². The normalized spacial score (nSPS) is 21.4. The van der Waals surface area contributed by atoms with Crippen molar-refractivity contribution in [3.8, 4) is 17.2 Å². The summed E-state index contributed by atoms with van der Waals surface area (Å²) in [7, 11) is 3.06. The minimum absolute atomic E-state index is 0.0104. The number of benzene rings is 2. The lowest BCUT2D eigenvalue weighted by Gasteiger charge is -2.28. The Balaban J connectivity index is 1.85. The Labute approximate surface area is 212 Å². The SMILES string of the molecule is CCOc1ccc(C2/C(=C(/O)c3ccc(OC)c(Br)c3)C(=O)C(=O)N2CC2CCCO2)cc1OC. The standard InChI is InChI=1S/C26H28BrNO7/c1-4-34-20-10-7-15(13-21(20)33-3)23-22(24(29)16-8-9-19(32-2)18(27)12-16)25(30)26(31)28(23)14-17-6-5-11-35-17/h7-10,12-13,17,23,29H,4-6,11,14H2,1-3H3/b24-22-. The van der Waals surface area contributed by atoms with Crippen LogP contribution in [0.4, 0.5) is 0 Å². The molecule has 0 spiro atoms. The Hall–Kier alpha value is -3.04. The summed E-state index contributed by atoms with van der Waals surface area (Å²) in [6.45, 7) is 3.19. The quantitative estimate of drug-likeness (QED) is 0.297. The molecule has 1 amide bonds. The van der Waals surface area contributed by atoms with Gasteiger partial charge in [0.25, 0.3) is 11.7 Å². The number of aliphatic hydroxyl groups excluding tert-OH is 1. The van der Waals surface area contributed by atoms with Gasteiger partial charge in [0.05, 0.1) is 43.0 Å². The summed E-state index contributed by atoms with van der Waals surface area (Å²) in [5, 5.41) is 11.3. The van der Waals surface area contributed by atoms with Crippen LogP contribution in [0.2, 0.25) is 0 Å². The number of hydrogen-bond donors (Lipinski definition) is 1. The van der Waals surface area contributed by atoms with Gasteiger partial charge < -0.3 is 29.0 Å². The smallest absolute Gasteiger partial charge is 0.295 e. The van der Waals surface area contributed by atoms with Gasteiger partial charge in [-0.3, -0.25) is 9.59 Å². The van der Waals surface area contributed by atoms with Crippen LogP contribution in [-0.2, 0) is 14.3 Å². The average Bonchev–Trinajstić information content (AvgIpc) is 3.46. The van der Waals surface area contributed by atoms with Crippen LogP contribution < -0.4 is 14.2 Å². The van der Waals surface area contributed by atoms with E-state index < -0.39 is 17.7 Å². The van der Waals surface area contributed by atoms with Gasteiger partial charge in [-0.2, -0.15) is 0 Å². The highest BCUT2D eigenvalue weighted by Gasteiger charge is 2.47. The zero-order valence-electron chi connectivity index (χ0n) is 19.9. The molecule has 2 atom stereocenters. The second-order valence-corrected chi connectivity index (χ2v) is 9.13. The summed E-state index contributed by atoms with van der Waals surface area (Å²) in [5.74, 6) is -0.0847. The lowest BCUT2D eigenvalue weighted by molar-refractivity contribution is -0.140. The monoisotopic (exact) mass is 545 g/mol. The van der Waals surface area contributed by atoms with Gasteiger partial charge in [-0.25, -0.2) is 0 Å². The van der Waals surface area contributed by atoms with Gasteiger partial charge in [0.15, 0.2) is 11.5 Å². The molecule has 8 nitrogen and oxygen atoms in total. The topological polar surface area (TPSA) is 94.5 Å². The first-order valence-corrected chi connectivity index (χ1v) is 12.2. The number of amides is 1. The van der Waals surface area contributed by atoms with E-state index in [4.69, 9.17) is 18.9 Å². The van der Waals surface area contributed by atoms with E-state index in [2.05, 4.69) is 15.9 Å². The third-order valence-electron chi connectivity index (χ3n) is 6.19. The molecule has 2 unspecified atom stereocenters. The molecule has 2 saturated heterocycles. The van der Waals surface area contributed by atoms with Crippen LogP contribution in [-0.4, -0.2) is 61.8 Å². The molecule has 0 saturated carbocycles. The minimum atomic E-state index is -0.815. The maximum absolute atomic E-state index is 13.3. The lowest BCUT2D eigenvalue weighted by Crippen LogP contribution is -2.36. The summed E-state index contributed by atoms with van der Waals surface area (Å²) < 4.78 is 22.8. The van der Waals surface area contributed by atoms with Crippen molar-refractivity contribution in [2.24, 2.45) is 0 Å². The maximum Gasteiger partial charge on any atom is 0.295 e. The Morgan fingerprint density at radius 3 is 2.49 bits per heavy atom. The number of nitrogens with zero attached hydrogens (tertiary/aromatic N) is 1. The van der Waals surface area contributed by atoms with Crippen LogP contribution >= 0.6 is 15.9 Å². The highest BCUT2D eigenvalue weighted by atomic mass is 79.9. The first kappa shape index (κ1) is 25.1. The molecule has 2 aromatic carbocycles. The number of halogens is 1. The summed E-state index contributed by atoms with van der Waals surface area (Å²) in [4.78, 5) is 28.0. The summed E-state index contributed by atoms with van der Waals surface area (Å²) in [5.41, 5.74) is 1.02. The van der Waals surface area contributed by atoms with Crippen LogP contribution in [0.5, 0.6) is 17.2 Å². The van der Waals surface area contributed by atoms with Crippen molar-refractivity contribution >= 4 is 33.4 Å². The molecule has 0 aliphatic carbocycles. The Bertz CT molecular complexity index is 1160. The summed E-state index contributed by atoms with van der Waals surface area (Å²) in [6, 6.07) is 9.42. The third kappa shape index (κ3) is 4.88. The maximum atomic E-state index is 13.3. The number of methoxy groups -OCH3 is 2. The summed E-state index contributed by atoms with van der Waals surface area (Å²) >= 11 is 3.42. The molecular weight excluding hydrogens is 518 g/mol. The molecule has 2 aromatic rings. The molecule has 1 N–H and O–H groups in total. The number of aliphatic hydroxyl groups is 1. The first-order valence-electron chi connectivity index (χ1n) is 11.4. The van der Waals surface area contributed by atoms with Gasteiger partial charge in [-0.1, -0.05) is 6.07 Å². The molecule has 2 fully saturated rings. The van der Waals surface area contributed by atoms with Gasteiger partial charge in [0.1, 0.15) is 11.5 Å². The molecule has 4 rings (SSSR count). The van der Waals surface area contributed by atoms with Crippen LogP contribution in [0.15, 0.2) is 46.4 Å². The van der Waals surface area contributed by atoms with E-state index >= 15 is 0 Å². The van der Waals surface area contributed by atoms with E-state index in [1.807, 2.05) is 6.92 Å². The van der Waals surface area contributed by atoms with Crippen molar-refractivity contribution in [1.82, 2.24) is 4.90 Å². The van der Waals surface area contributed by atoms with E-state index in [-0.39, 0.29) is 24.0 Å². The molecule has 0 radical (unpaired) electrons. The zero-order chi connectivity index (χ0) is 25.1. The third-order valence-corrected chi connectivity index (χ3v) is 6.81. The number of likely N-dealkylation sites (tertiary alicyclic amines) is 1. The van der Waals surface area contributed by atoms with E-state index in [9.17, 15) is 14.7 Å². The molecule has 2 heterocycles. The fourth-order valence-corrected chi connectivity index (χ4v) is 5.06. The fraction of sp³-hybridized carbons (Fsp3) is 0.385. The Morgan fingerprint density at radius 2 is 1.86 bits per heavy atom. The molecule has 2 aliphatic heterocycles. The minimum Gasteiger partial charge on any atom is -0.507 e. The number of carbonyl (C=O) groups is 2. The van der Waals surface area contributed by atoms with E-state index in [1.54, 1.807) is 36.4 Å². The molecule has 2 aliphatic rings. The molecule has 0 bridgehead atoms. The van der Waals surface area contributed by atoms with E-state index in [1.165, 1.54) is 19.1 Å². The first-order chi connectivity index (χ1) is 16.9. The van der Waals surface area contributed by atoms with Crippen LogP contribution in [0.3, 0.4) is 0 Å². The van der Waals surface area contributed by atoms with Gasteiger partial charge in [0, 0.05) is 18.7 Å². The van der Waals surface area contributed by atoms with E-state index in [0.717, 1.165) is 12.8 Å². The molecule has 35 heavy (non-hydrogen) atoms. The van der Waals surface area contributed by atoms with Crippen LogP contribution in [0, 0.1) is 0 Å². The lowest BCUT2D eigenvalue weighted by atomic mass is 9.94. The molecular formula is C26H28BrNO7. The second kappa shape index (κ2) is 10.7. The number of carbonyl (C=O) groups excluding carboxylic acids is 2. The van der Waals surface area contributed by atoms with E-state index in [0.29, 0.717) is 46.1 Å². The number of rotatable bonds is 8. The number of hydrogen-bond acceptors (Lipinski definition) is 7. The predicted octanol–water partition coefficient (Wildman–Crippen LogP) is 4.47. The zero-order valence-corrected chi connectivity index (χ0v) is 21.5. The average molecular weight is 546 g/mol. The van der Waals surface area contributed by atoms with Crippen molar-refractivity contribution < 1.29 is 33.6 Å². The number of ketones is 1. The van der Waals surface area contributed by atoms with Crippen molar-refractivity contribution in [3.63, 3.8) is 0 Å². The second-order valence-electron chi connectivity index (χ2n) is 8.28. The Morgan fingerprint density at radius 1 is 1.11 bits per heavy atom. The predicted molar refractivity (Wildman–Crippen MR) is 133 cm³/mol. The molecule has 186 valence electrons. The molecule has 9 heteroatoms. The van der Waals surface area contributed by atoms with Crippen LogP contribution in [0.1, 0.15) is 36.9 Å². The van der Waals surface area contributed by atoms with Gasteiger partial charge in [0.2, 0.25) is 0 Å². The number of ether oxygens (including phenoxy) is 4. The summed E-state index contributed by atoms with van der Waals surface area (Å²) in [6.07, 6.45) is 1.53. The van der Waals surface area contributed by atoms with Crippen molar-refractivity contribution in [2.45, 2.75) is 31.9 Å². The fourth-order valence-electron chi connectivity index (χ4n) is 4.52. The Kier molecular flexibility index (Phi) is 7.66. The van der Waals surface area contributed by atoms with Gasteiger partial charge in [-0.15, -0.1) is 0 Å². The van der Waals surface area contributed by atoms with Gasteiger partial charge in [-0.05, 0) is 71.6 Å². The highest BCUT2D eigenvalue weighted by Crippen LogP contribution is 2.43. The molecule has 0 aromatic heterocycles. The largest absolute Gasteiger partial charge is 0.507 e. The van der Waals surface area contributed by atoms with Crippen molar-refractivity contribution in [3.05, 3.63) is 57.6 Å². The van der Waals surface area contributed by atoms with Crippen LogP contribution in [0.25, 0.3) is 5.76 Å². The van der Waals surface area contributed by atoms with Crippen molar-refractivity contribution in [1.29, 1.82) is 0 Å².